The SMILES string of the molecule is COC(=O)c1cc(C2C[C@@H](CCN(C(=O)OC(C)(C)C)[C@H](C)c3ccc(F)c4ccccc34)Oc3ccccc32)ccc1C. The molecule has 0 saturated heterocycles. The number of fused-ring (bicyclic) bond motifs is 2. The van der Waals surface area contributed by atoms with Crippen molar-refractivity contribution in [3.05, 3.63) is 112 Å². The lowest BCUT2D eigenvalue weighted by molar-refractivity contribution is 0.0141. The van der Waals surface area contributed by atoms with Crippen LogP contribution in [0.1, 0.15) is 85.1 Å². The molecule has 1 aliphatic rings. The molecule has 0 radical (unpaired) electrons. The van der Waals surface area contributed by atoms with Crippen LogP contribution >= 0.6 is 0 Å². The molecule has 4 aromatic rings. The third-order valence-corrected chi connectivity index (χ3v) is 8.30. The van der Waals surface area contributed by atoms with E-state index in [0.29, 0.717) is 30.3 Å². The molecule has 3 atom stereocenters. The van der Waals surface area contributed by atoms with E-state index in [2.05, 4.69) is 12.1 Å². The van der Waals surface area contributed by atoms with Gasteiger partial charge in [-0.05, 0) is 81.3 Å². The normalized spacial score (nSPS) is 16.9. The number of halogens is 1. The third kappa shape index (κ3) is 6.57. The van der Waals surface area contributed by atoms with Gasteiger partial charge in [0.25, 0.3) is 0 Å². The van der Waals surface area contributed by atoms with Gasteiger partial charge in [-0.1, -0.05) is 60.7 Å². The van der Waals surface area contributed by atoms with Crippen LogP contribution in [-0.4, -0.2) is 42.3 Å². The van der Waals surface area contributed by atoms with Crippen LogP contribution in [0.5, 0.6) is 5.75 Å². The number of hydrogen-bond acceptors (Lipinski definition) is 5. The number of methoxy groups -OCH3 is 1. The van der Waals surface area contributed by atoms with Gasteiger partial charge in [0.1, 0.15) is 23.3 Å². The first-order chi connectivity index (χ1) is 21.0. The van der Waals surface area contributed by atoms with Crippen LogP contribution in [0.4, 0.5) is 9.18 Å². The lowest BCUT2D eigenvalue weighted by atomic mass is 9.82. The van der Waals surface area contributed by atoms with Crippen LogP contribution in [0.2, 0.25) is 0 Å². The molecule has 0 fully saturated rings. The van der Waals surface area contributed by atoms with Crippen molar-refractivity contribution in [3.63, 3.8) is 0 Å². The second-order valence-electron chi connectivity index (χ2n) is 12.5. The fourth-order valence-electron chi connectivity index (χ4n) is 6.04. The molecule has 0 N–H and O–H groups in total. The Morgan fingerprint density at radius 1 is 1.00 bits per heavy atom. The summed E-state index contributed by atoms with van der Waals surface area (Å²) >= 11 is 0. The maximum absolute atomic E-state index is 14.7. The molecule has 7 heteroatoms. The molecule has 230 valence electrons. The van der Waals surface area contributed by atoms with Gasteiger partial charge < -0.3 is 19.1 Å². The van der Waals surface area contributed by atoms with Gasteiger partial charge in [0.15, 0.2) is 0 Å². The van der Waals surface area contributed by atoms with Crippen LogP contribution in [0.25, 0.3) is 10.8 Å². The van der Waals surface area contributed by atoms with Gasteiger partial charge in [0.2, 0.25) is 0 Å². The predicted octanol–water partition coefficient (Wildman–Crippen LogP) is 8.75. The molecule has 6 nitrogen and oxygen atoms in total. The highest BCUT2D eigenvalue weighted by molar-refractivity contribution is 5.91. The molecule has 44 heavy (non-hydrogen) atoms. The van der Waals surface area contributed by atoms with Crippen LogP contribution in [0.3, 0.4) is 0 Å². The maximum atomic E-state index is 14.7. The van der Waals surface area contributed by atoms with Crippen molar-refractivity contribution >= 4 is 22.8 Å². The summed E-state index contributed by atoms with van der Waals surface area (Å²) < 4.78 is 32.0. The van der Waals surface area contributed by atoms with Gasteiger partial charge in [0.05, 0.1) is 18.7 Å². The van der Waals surface area contributed by atoms with E-state index in [-0.39, 0.29) is 29.9 Å². The fraction of sp³-hybridized carbons (Fsp3) is 0.351. The molecule has 1 aliphatic heterocycles. The predicted molar refractivity (Wildman–Crippen MR) is 170 cm³/mol. The van der Waals surface area contributed by atoms with Gasteiger partial charge in [-0.25, -0.2) is 14.0 Å². The second-order valence-corrected chi connectivity index (χ2v) is 12.5. The Morgan fingerprint density at radius 3 is 2.43 bits per heavy atom. The number of nitrogens with zero attached hydrogens (tertiary/aromatic N) is 1. The first-order valence-corrected chi connectivity index (χ1v) is 15.1. The number of amides is 1. The first-order valence-electron chi connectivity index (χ1n) is 15.1. The molecule has 0 spiro atoms. The zero-order valence-corrected chi connectivity index (χ0v) is 26.2. The average molecular weight is 598 g/mol. The topological polar surface area (TPSA) is 65.1 Å². The van der Waals surface area contributed by atoms with E-state index in [1.165, 1.54) is 13.2 Å². The van der Waals surface area contributed by atoms with Crippen molar-refractivity contribution in [2.45, 2.75) is 71.1 Å². The van der Waals surface area contributed by atoms with E-state index < -0.39 is 11.7 Å². The summed E-state index contributed by atoms with van der Waals surface area (Å²) in [5, 5.41) is 1.28. The van der Waals surface area contributed by atoms with Crippen molar-refractivity contribution in [2.24, 2.45) is 0 Å². The van der Waals surface area contributed by atoms with Gasteiger partial charge in [-0.3, -0.25) is 0 Å². The van der Waals surface area contributed by atoms with Crippen molar-refractivity contribution in [3.8, 4) is 5.75 Å². The van der Waals surface area contributed by atoms with Crippen LogP contribution in [0.15, 0.2) is 78.9 Å². The van der Waals surface area contributed by atoms with E-state index >= 15 is 0 Å². The van der Waals surface area contributed by atoms with Crippen LogP contribution < -0.4 is 4.74 Å². The lowest BCUT2D eigenvalue weighted by Crippen LogP contribution is -2.41. The zero-order valence-electron chi connectivity index (χ0n) is 26.2. The summed E-state index contributed by atoms with van der Waals surface area (Å²) in [5.41, 5.74) is 3.62. The summed E-state index contributed by atoms with van der Waals surface area (Å²) in [7, 11) is 1.39. The Hall–Kier alpha value is -4.39. The van der Waals surface area contributed by atoms with Gasteiger partial charge in [-0.15, -0.1) is 0 Å². The number of carbonyl (C=O) groups is 2. The number of hydrogen-bond donors (Lipinski definition) is 0. The minimum absolute atomic E-state index is 0.0117. The van der Waals surface area contributed by atoms with E-state index in [1.54, 1.807) is 17.0 Å². The zero-order chi connectivity index (χ0) is 31.6. The standard InChI is InChI=1S/C37H40FNO5/c1-23-15-16-25(21-31(23)35(40)42-6)32-22-26(43-34-14-10-9-13-30(32)34)19-20-39(36(41)44-37(3,4)5)24(2)27-17-18-33(38)29-12-8-7-11-28(27)29/h7-18,21,24,26,32H,19-20,22H2,1-6H3/t24-,26-,32?/m1/s1. The number of ether oxygens (including phenoxy) is 3. The fourth-order valence-corrected chi connectivity index (χ4v) is 6.04. The van der Waals surface area contributed by atoms with Crippen LogP contribution in [-0.2, 0) is 9.47 Å². The molecular formula is C37H40FNO5. The van der Waals surface area contributed by atoms with Gasteiger partial charge in [0, 0.05) is 29.8 Å². The first kappa shape index (κ1) is 31.0. The molecule has 1 amide bonds. The summed E-state index contributed by atoms with van der Waals surface area (Å²) in [6.07, 6.45) is 0.562. The van der Waals surface area contributed by atoms with Crippen molar-refractivity contribution in [1.29, 1.82) is 0 Å². The van der Waals surface area contributed by atoms with E-state index in [0.717, 1.165) is 33.4 Å². The Labute approximate surface area is 258 Å². The molecule has 0 saturated carbocycles. The summed E-state index contributed by atoms with van der Waals surface area (Å²) in [5.74, 6) is 0.112. The third-order valence-electron chi connectivity index (χ3n) is 8.30. The smallest absolute Gasteiger partial charge is 0.410 e. The highest BCUT2D eigenvalue weighted by Crippen LogP contribution is 2.42. The largest absolute Gasteiger partial charge is 0.490 e. The lowest BCUT2D eigenvalue weighted by Gasteiger charge is -2.36. The quantitative estimate of drug-likeness (QED) is 0.199. The highest BCUT2D eigenvalue weighted by atomic mass is 19.1. The van der Waals surface area contributed by atoms with Crippen molar-refractivity contribution in [2.75, 3.05) is 13.7 Å². The molecule has 5 rings (SSSR count). The van der Waals surface area contributed by atoms with Crippen molar-refractivity contribution < 1.29 is 28.2 Å². The number of rotatable bonds is 7. The summed E-state index contributed by atoms with van der Waals surface area (Å²) in [6, 6.07) is 24.0. The van der Waals surface area contributed by atoms with E-state index in [1.807, 2.05) is 83.1 Å². The number of carbonyl (C=O) groups excluding carboxylic acids is 2. The molecular weight excluding hydrogens is 557 g/mol. The Bertz CT molecular complexity index is 1680. The molecule has 1 heterocycles. The Balaban J connectivity index is 1.45. The molecule has 4 aromatic carbocycles. The summed E-state index contributed by atoms with van der Waals surface area (Å²) in [6.45, 7) is 9.74. The number of para-hydroxylation sites is 1. The van der Waals surface area contributed by atoms with E-state index in [4.69, 9.17) is 14.2 Å². The van der Waals surface area contributed by atoms with Gasteiger partial charge in [-0.2, -0.15) is 0 Å². The minimum atomic E-state index is -0.686. The second kappa shape index (κ2) is 12.7. The maximum Gasteiger partial charge on any atom is 0.410 e. The molecule has 0 bridgehead atoms. The molecule has 0 aromatic heterocycles. The Morgan fingerprint density at radius 2 is 1.70 bits per heavy atom. The Kier molecular flexibility index (Phi) is 8.95. The number of aryl methyl sites for hydroxylation is 1. The van der Waals surface area contributed by atoms with E-state index in [9.17, 15) is 14.0 Å². The summed E-state index contributed by atoms with van der Waals surface area (Å²) in [4.78, 5) is 27.8. The average Bonchev–Trinajstić information content (AvgIpc) is 3.00. The highest BCUT2D eigenvalue weighted by Gasteiger charge is 2.33. The van der Waals surface area contributed by atoms with Crippen LogP contribution in [0, 0.1) is 12.7 Å². The molecule has 1 unspecified atom stereocenters. The number of esters is 1. The minimum Gasteiger partial charge on any atom is -0.490 e. The van der Waals surface area contributed by atoms with Crippen molar-refractivity contribution in [1.82, 2.24) is 4.90 Å². The molecule has 0 aliphatic carbocycles. The monoisotopic (exact) mass is 597 g/mol. The van der Waals surface area contributed by atoms with Gasteiger partial charge >= 0.3 is 12.1 Å². The number of benzene rings is 4.